The second-order valence-corrected chi connectivity index (χ2v) is 7.06. The predicted octanol–water partition coefficient (Wildman–Crippen LogP) is 2.04. The van der Waals surface area contributed by atoms with Gasteiger partial charge in [-0.3, -0.25) is 0 Å². The van der Waals surface area contributed by atoms with Gasteiger partial charge >= 0.3 is 0 Å². The van der Waals surface area contributed by atoms with Crippen molar-refractivity contribution in [3.05, 3.63) is 41.8 Å². The van der Waals surface area contributed by atoms with Crippen molar-refractivity contribution in [1.82, 2.24) is 9.97 Å². The molecule has 0 spiro atoms. The molecule has 8 heteroatoms. The average molecular weight is 382 g/mol. The third-order valence-electron chi connectivity index (χ3n) is 5.42. The Morgan fingerprint density at radius 2 is 2.04 bits per heavy atom. The standard InChI is InChI=1S/C20H23FN6O/c1-25(18-5-7-23-20(24-18)26-9-11-28-12-10-26)16-6-8-27(14-16)19-15(13-22)3-2-4-17(19)21/h2-5,7,16H,6,8-12,14H2,1H3. The van der Waals surface area contributed by atoms with E-state index in [-0.39, 0.29) is 11.9 Å². The number of aromatic nitrogens is 2. The van der Waals surface area contributed by atoms with Crippen LogP contribution in [-0.4, -0.2) is 62.5 Å². The predicted molar refractivity (Wildman–Crippen MR) is 105 cm³/mol. The normalized spacial score (nSPS) is 19.5. The van der Waals surface area contributed by atoms with Crippen LogP contribution in [0.5, 0.6) is 0 Å². The van der Waals surface area contributed by atoms with Crippen LogP contribution in [0.2, 0.25) is 0 Å². The second-order valence-electron chi connectivity index (χ2n) is 7.06. The number of nitrogens with zero attached hydrogens (tertiary/aromatic N) is 6. The third-order valence-corrected chi connectivity index (χ3v) is 5.42. The number of morpholine rings is 1. The lowest BCUT2D eigenvalue weighted by molar-refractivity contribution is 0.122. The Hall–Kier alpha value is -2.92. The van der Waals surface area contributed by atoms with Gasteiger partial charge in [-0.25, -0.2) is 9.37 Å². The topological polar surface area (TPSA) is 68.5 Å². The van der Waals surface area contributed by atoms with E-state index in [2.05, 4.69) is 20.9 Å². The van der Waals surface area contributed by atoms with Crippen LogP contribution >= 0.6 is 0 Å². The number of rotatable bonds is 4. The molecule has 2 aliphatic rings. The summed E-state index contributed by atoms with van der Waals surface area (Å²) in [5.74, 6) is 1.21. The van der Waals surface area contributed by atoms with Crippen molar-refractivity contribution in [2.75, 3.05) is 61.1 Å². The molecule has 28 heavy (non-hydrogen) atoms. The summed E-state index contributed by atoms with van der Waals surface area (Å²) in [6, 6.07) is 8.82. The first-order valence-corrected chi connectivity index (χ1v) is 9.49. The molecule has 2 aliphatic heterocycles. The molecule has 3 heterocycles. The molecule has 1 aromatic heterocycles. The zero-order valence-corrected chi connectivity index (χ0v) is 15.9. The maximum Gasteiger partial charge on any atom is 0.227 e. The van der Waals surface area contributed by atoms with Gasteiger partial charge in [-0.1, -0.05) is 6.07 Å². The number of halogens is 1. The molecule has 1 unspecified atom stereocenters. The minimum atomic E-state index is -0.348. The van der Waals surface area contributed by atoms with Crippen LogP contribution in [0, 0.1) is 17.1 Å². The lowest BCUT2D eigenvalue weighted by Gasteiger charge is -2.29. The van der Waals surface area contributed by atoms with E-state index in [1.165, 1.54) is 6.07 Å². The summed E-state index contributed by atoms with van der Waals surface area (Å²) in [6.07, 6.45) is 2.65. The highest BCUT2D eigenvalue weighted by atomic mass is 19.1. The highest BCUT2D eigenvalue weighted by molar-refractivity contribution is 5.61. The van der Waals surface area contributed by atoms with E-state index >= 15 is 0 Å². The number of likely N-dealkylation sites (N-methyl/N-ethyl adjacent to an activating group) is 1. The van der Waals surface area contributed by atoms with Crippen LogP contribution in [0.15, 0.2) is 30.5 Å². The summed E-state index contributed by atoms with van der Waals surface area (Å²) in [4.78, 5) is 15.3. The van der Waals surface area contributed by atoms with Gasteiger partial charge in [0.2, 0.25) is 5.95 Å². The zero-order valence-electron chi connectivity index (χ0n) is 15.9. The number of nitriles is 1. The Morgan fingerprint density at radius 1 is 1.21 bits per heavy atom. The Balaban J connectivity index is 1.50. The van der Waals surface area contributed by atoms with Gasteiger partial charge in [-0.2, -0.15) is 10.2 Å². The first-order chi connectivity index (χ1) is 13.7. The van der Waals surface area contributed by atoms with Crippen molar-refractivity contribution in [2.24, 2.45) is 0 Å². The number of hydrogen-bond acceptors (Lipinski definition) is 7. The molecular weight excluding hydrogens is 359 g/mol. The summed E-state index contributed by atoms with van der Waals surface area (Å²) in [7, 11) is 2.01. The first-order valence-electron chi connectivity index (χ1n) is 9.49. The smallest absolute Gasteiger partial charge is 0.227 e. The Morgan fingerprint density at radius 3 is 2.82 bits per heavy atom. The Kier molecular flexibility index (Phi) is 5.26. The van der Waals surface area contributed by atoms with Crippen molar-refractivity contribution in [2.45, 2.75) is 12.5 Å². The molecule has 4 rings (SSSR count). The van der Waals surface area contributed by atoms with Gasteiger partial charge in [-0.15, -0.1) is 0 Å². The van der Waals surface area contributed by atoms with Crippen molar-refractivity contribution in [1.29, 1.82) is 5.26 Å². The fourth-order valence-corrected chi connectivity index (χ4v) is 3.83. The molecule has 2 saturated heterocycles. The average Bonchev–Trinajstić information content (AvgIpc) is 3.23. The zero-order chi connectivity index (χ0) is 19.5. The largest absolute Gasteiger partial charge is 0.378 e. The fraction of sp³-hybridized carbons (Fsp3) is 0.450. The molecule has 2 fully saturated rings. The molecule has 0 saturated carbocycles. The van der Waals surface area contributed by atoms with E-state index in [1.807, 2.05) is 18.0 Å². The maximum atomic E-state index is 14.4. The van der Waals surface area contributed by atoms with Gasteiger partial charge < -0.3 is 19.4 Å². The Labute approximate surface area is 164 Å². The number of para-hydroxylation sites is 1. The summed E-state index contributed by atoms with van der Waals surface area (Å²) < 4.78 is 19.8. The minimum Gasteiger partial charge on any atom is -0.378 e. The molecule has 0 N–H and O–H groups in total. The minimum absolute atomic E-state index is 0.179. The quantitative estimate of drug-likeness (QED) is 0.801. The van der Waals surface area contributed by atoms with E-state index in [1.54, 1.807) is 18.3 Å². The molecule has 7 nitrogen and oxygen atoms in total. The lowest BCUT2D eigenvalue weighted by Crippen LogP contribution is -2.38. The van der Waals surface area contributed by atoms with Crippen molar-refractivity contribution in [3.8, 4) is 6.07 Å². The number of ether oxygens (including phenoxy) is 1. The van der Waals surface area contributed by atoms with Crippen molar-refractivity contribution in [3.63, 3.8) is 0 Å². The van der Waals surface area contributed by atoms with E-state index in [0.717, 1.165) is 25.3 Å². The summed E-state index contributed by atoms with van der Waals surface area (Å²) >= 11 is 0. The van der Waals surface area contributed by atoms with Crippen LogP contribution in [0.1, 0.15) is 12.0 Å². The maximum absolute atomic E-state index is 14.4. The molecule has 1 atom stereocenters. The van der Waals surface area contributed by atoms with E-state index in [0.29, 0.717) is 43.5 Å². The van der Waals surface area contributed by atoms with Crippen molar-refractivity contribution >= 4 is 17.5 Å². The summed E-state index contributed by atoms with van der Waals surface area (Å²) in [5.41, 5.74) is 0.775. The first kappa shape index (κ1) is 18.4. The SMILES string of the molecule is CN(c1ccnc(N2CCOCC2)n1)C1CCN(c2c(F)cccc2C#N)C1. The monoisotopic (exact) mass is 382 g/mol. The van der Waals surface area contributed by atoms with Crippen LogP contribution in [0.3, 0.4) is 0 Å². The van der Waals surface area contributed by atoms with Crippen LogP contribution < -0.4 is 14.7 Å². The van der Waals surface area contributed by atoms with Crippen molar-refractivity contribution < 1.29 is 9.13 Å². The third kappa shape index (κ3) is 3.58. The van der Waals surface area contributed by atoms with Gasteiger partial charge in [0.25, 0.3) is 0 Å². The molecule has 146 valence electrons. The van der Waals surface area contributed by atoms with Gasteiger partial charge in [0.15, 0.2) is 0 Å². The second kappa shape index (κ2) is 7.98. The fourth-order valence-electron chi connectivity index (χ4n) is 3.83. The van der Waals surface area contributed by atoms with Crippen LogP contribution in [0.4, 0.5) is 21.8 Å². The molecule has 0 radical (unpaired) electrons. The molecule has 1 aromatic carbocycles. The number of hydrogen-bond donors (Lipinski definition) is 0. The van der Waals surface area contributed by atoms with E-state index < -0.39 is 0 Å². The highest BCUT2D eigenvalue weighted by Crippen LogP contribution is 2.30. The molecule has 0 bridgehead atoms. The lowest BCUT2D eigenvalue weighted by atomic mass is 10.1. The number of benzene rings is 1. The molecule has 0 aliphatic carbocycles. The van der Waals surface area contributed by atoms with Gasteiger partial charge in [0.1, 0.15) is 17.7 Å². The molecule has 0 amide bonds. The molecule has 2 aromatic rings. The van der Waals surface area contributed by atoms with Gasteiger partial charge in [0, 0.05) is 45.5 Å². The van der Waals surface area contributed by atoms with Gasteiger partial charge in [-0.05, 0) is 24.6 Å². The number of anilines is 3. The summed E-state index contributed by atoms with van der Waals surface area (Å²) in [6.45, 7) is 4.29. The molecular formula is C20H23FN6O. The van der Waals surface area contributed by atoms with E-state index in [4.69, 9.17) is 9.72 Å². The van der Waals surface area contributed by atoms with Crippen LogP contribution in [0.25, 0.3) is 0 Å². The van der Waals surface area contributed by atoms with E-state index in [9.17, 15) is 9.65 Å². The van der Waals surface area contributed by atoms with Gasteiger partial charge in [0.05, 0.1) is 24.5 Å². The summed E-state index contributed by atoms with van der Waals surface area (Å²) in [5, 5.41) is 9.33. The Bertz CT molecular complexity index is 879. The highest BCUT2D eigenvalue weighted by Gasteiger charge is 2.30. The van der Waals surface area contributed by atoms with Crippen LogP contribution in [-0.2, 0) is 4.74 Å².